The fourth-order valence-corrected chi connectivity index (χ4v) is 2.97. The Morgan fingerprint density at radius 1 is 1.17 bits per heavy atom. The van der Waals surface area contributed by atoms with E-state index in [-0.39, 0.29) is 43.4 Å². The number of carbonyl (C=O) groups excluding carboxylic acids is 1. The molecule has 0 saturated heterocycles. The molecule has 2 N–H and O–H groups in total. The molecule has 0 unspecified atom stereocenters. The molecule has 1 aromatic carbocycles. The molecule has 2 heterocycles. The van der Waals surface area contributed by atoms with Crippen LogP contribution in [0.4, 0.5) is 23.2 Å². The first-order valence-corrected chi connectivity index (χ1v) is 9.75. The zero-order valence-corrected chi connectivity index (χ0v) is 18.6. The van der Waals surface area contributed by atoms with Crippen molar-refractivity contribution >= 4 is 23.3 Å². The number of alkyl halides is 3. The van der Waals surface area contributed by atoms with Crippen molar-refractivity contribution in [2.45, 2.75) is 6.18 Å². The molecule has 0 bridgehead atoms. The Hall–Kier alpha value is -4.07. The van der Waals surface area contributed by atoms with Gasteiger partial charge in [0.2, 0.25) is 0 Å². The third kappa shape index (κ3) is 5.37. The summed E-state index contributed by atoms with van der Waals surface area (Å²) in [5.41, 5.74) is 0.323. The molecule has 3 aromatic rings. The van der Waals surface area contributed by atoms with Gasteiger partial charge in [-0.15, -0.1) is 0 Å². The third-order valence-corrected chi connectivity index (χ3v) is 4.71. The Kier molecular flexibility index (Phi) is 7.05. The fourth-order valence-electron chi connectivity index (χ4n) is 2.83. The van der Waals surface area contributed by atoms with Crippen LogP contribution in [-0.2, 0) is 22.8 Å². The molecule has 0 radical (unpaired) electrons. The number of nitrogens with zero attached hydrogens (tertiary/aromatic N) is 3. The number of nitrogen functional groups attached to an aromatic ring is 1. The number of benzene rings is 1. The Morgan fingerprint density at radius 3 is 2.49 bits per heavy atom. The number of hydrogen-bond donors (Lipinski definition) is 1. The molecule has 0 atom stereocenters. The summed E-state index contributed by atoms with van der Waals surface area (Å²) in [6.07, 6.45) is -5.00. The lowest BCUT2D eigenvalue weighted by Crippen LogP contribution is -2.41. The van der Waals surface area contributed by atoms with Gasteiger partial charge in [0, 0.05) is 25.2 Å². The number of pyridine rings is 1. The maximum Gasteiger partial charge on any atom is 0.431 e. The molecule has 2 aromatic heterocycles. The van der Waals surface area contributed by atoms with E-state index in [1.165, 1.54) is 12.1 Å². The smallest absolute Gasteiger partial charge is 0.431 e. The zero-order valence-electron chi connectivity index (χ0n) is 17.9. The molecular weight excluding hydrogens is 504 g/mol. The van der Waals surface area contributed by atoms with E-state index >= 15 is 0 Å². The van der Waals surface area contributed by atoms with Crippen molar-refractivity contribution in [3.63, 3.8) is 0 Å². The van der Waals surface area contributed by atoms with Gasteiger partial charge in [-0.3, -0.25) is 9.36 Å². The molecule has 186 valence electrons. The molecule has 35 heavy (non-hydrogen) atoms. The molecule has 0 aliphatic carbocycles. The van der Waals surface area contributed by atoms with Crippen molar-refractivity contribution in [2.75, 3.05) is 19.5 Å². The number of hydrogen-bond acceptors (Lipinski definition) is 8. The van der Waals surface area contributed by atoms with Crippen LogP contribution in [0.5, 0.6) is 17.4 Å². The topological polar surface area (TPSA) is 128 Å². The lowest BCUT2D eigenvalue weighted by molar-refractivity contribution is -0.144. The van der Waals surface area contributed by atoms with Crippen LogP contribution in [0.3, 0.4) is 0 Å². The van der Waals surface area contributed by atoms with Crippen molar-refractivity contribution in [1.29, 1.82) is 0 Å². The van der Waals surface area contributed by atoms with Gasteiger partial charge in [-0.05, 0) is 12.1 Å². The van der Waals surface area contributed by atoms with E-state index in [1.807, 2.05) is 0 Å². The number of carbonyl (C=O) groups is 1. The lowest BCUT2D eigenvalue weighted by atomic mass is 10.2. The lowest BCUT2D eigenvalue weighted by Gasteiger charge is -2.16. The van der Waals surface area contributed by atoms with E-state index < -0.39 is 47.2 Å². The summed E-state index contributed by atoms with van der Waals surface area (Å²) in [5, 5.41) is -0.0372. The van der Waals surface area contributed by atoms with Gasteiger partial charge in [0.05, 0.1) is 18.5 Å². The van der Waals surface area contributed by atoms with E-state index in [2.05, 4.69) is 9.72 Å². The molecule has 0 aliphatic heterocycles. The normalized spacial score (nSPS) is 11.3. The summed E-state index contributed by atoms with van der Waals surface area (Å²) >= 11 is 5.83. The van der Waals surface area contributed by atoms with E-state index in [0.717, 1.165) is 20.2 Å². The van der Waals surface area contributed by atoms with Crippen molar-refractivity contribution in [3.8, 4) is 23.1 Å². The van der Waals surface area contributed by atoms with E-state index in [9.17, 15) is 31.9 Å². The molecule has 3 rings (SSSR count). The predicted octanol–water partition coefficient (Wildman–Crippen LogP) is 2.67. The quantitative estimate of drug-likeness (QED) is 0.228. The first-order valence-electron chi connectivity index (χ1n) is 9.37. The Morgan fingerprint density at radius 2 is 1.86 bits per heavy atom. The molecule has 0 fully saturated rings. The van der Waals surface area contributed by atoms with Crippen LogP contribution in [0.2, 0.25) is 5.15 Å². The summed E-state index contributed by atoms with van der Waals surface area (Å²) in [6.45, 7) is -0.568. The van der Waals surface area contributed by atoms with Crippen LogP contribution < -0.4 is 26.5 Å². The number of aromatic nitrogens is 3. The highest BCUT2D eigenvalue weighted by molar-refractivity contribution is 6.29. The third-order valence-electron chi connectivity index (χ3n) is 4.50. The average molecular weight is 519 g/mol. The van der Waals surface area contributed by atoms with Crippen LogP contribution in [0.1, 0.15) is 5.69 Å². The van der Waals surface area contributed by atoms with Crippen LogP contribution in [0, 0.1) is 5.82 Å². The minimum Gasteiger partial charge on any atom is -0.466 e. The summed E-state index contributed by atoms with van der Waals surface area (Å²) in [6, 6.07) is 4.25. The maximum absolute atomic E-state index is 14.7. The van der Waals surface area contributed by atoms with Crippen LogP contribution >= 0.6 is 11.6 Å². The number of methoxy groups -OCH3 is 1. The monoisotopic (exact) mass is 518 g/mol. The SMILES string of the molecule is COC(=O)COc1nc(Cl)ccc1Oc1cc(-n2c(=O)cc(C(F)(F)F)n(C)c2=O)c(F)cc1N. The fraction of sp³-hybridized carbons (Fsp3) is 0.200. The molecule has 10 nitrogen and oxygen atoms in total. The summed E-state index contributed by atoms with van der Waals surface area (Å²) in [7, 11) is 1.90. The number of halogens is 5. The molecule has 0 amide bonds. The highest BCUT2D eigenvalue weighted by Gasteiger charge is 2.35. The number of anilines is 1. The maximum atomic E-state index is 14.7. The minimum atomic E-state index is -5.00. The second-order valence-electron chi connectivity index (χ2n) is 6.79. The molecule has 0 saturated carbocycles. The van der Waals surface area contributed by atoms with Gasteiger partial charge in [-0.1, -0.05) is 11.6 Å². The van der Waals surface area contributed by atoms with Crippen molar-refractivity contribution in [3.05, 3.63) is 67.8 Å². The van der Waals surface area contributed by atoms with Gasteiger partial charge in [0.1, 0.15) is 16.7 Å². The zero-order chi connectivity index (χ0) is 26.1. The standard InChI is InChI=1S/C20H15ClF4N4O6/c1-28-14(20(23,24)25)7-16(30)29(19(28)32)11-6-13(10(26)5-9(11)22)35-12-3-4-15(21)27-18(12)34-8-17(31)33-2/h3-7H,8,26H2,1-2H3. The molecule has 0 aliphatic rings. The molecular formula is C20H15ClF4N4O6. The van der Waals surface area contributed by atoms with E-state index in [1.54, 1.807) is 0 Å². The van der Waals surface area contributed by atoms with Crippen molar-refractivity contribution < 1.29 is 36.6 Å². The summed E-state index contributed by atoms with van der Waals surface area (Å²) in [5.74, 6) is -2.70. The predicted molar refractivity (Wildman–Crippen MR) is 113 cm³/mol. The number of ether oxygens (including phenoxy) is 3. The van der Waals surface area contributed by atoms with E-state index in [0.29, 0.717) is 6.07 Å². The Bertz CT molecular complexity index is 1420. The summed E-state index contributed by atoms with van der Waals surface area (Å²) < 4.78 is 69.6. The second kappa shape index (κ2) is 9.66. The van der Waals surface area contributed by atoms with E-state index in [4.69, 9.17) is 26.8 Å². The van der Waals surface area contributed by atoms with Gasteiger partial charge in [0.15, 0.2) is 18.1 Å². The number of esters is 1. The number of nitrogens with two attached hydrogens (primary N) is 1. The number of rotatable bonds is 6. The average Bonchev–Trinajstić information content (AvgIpc) is 2.77. The summed E-state index contributed by atoms with van der Waals surface area (Å²) in [4.78, 5) is 40.1. The van der Waals surface area contributed by atoms with Gasteiger partial charge in [-0.2, -0.15) is 18.2 Å². The second-order valence-corrected chi connectivity index (χ2v) is 7.18. The largest absolute Gasteiger partial charge is 0.466 e. The highest BCUT2D eigenvalue weighted by atomic mass is 35.5. The van der Waals surface area contributed by atoms with Crippen LogP contribution in [-0.4, -0.2) is 33.8 Å². The first-order chi connectivity index (χ1) is 16.3. The van der Waals surface area contributed by atoms with Crippen LogP contribution in [0.25, 0.3) is 5.69 Å². The molecule has 0 spiro atoms. The van der Waals surface area contributed by atoms with Gasteiger partial charge >= 0.3 is 17.8 Å². The van der Waals surface area contributed by atoms with Crippen LogP contribution in [0.15, 0.2) is 39.9 Å². The molecule has 15 heteroatoms. The van der Waals surface area contributed by atoms with Gasteiger partial charge in [-0.25, -0.2) is 18.5 Å². The first kappa shape index (κ1) is 25.6. The Labute approximate surface area is 198 Å². The van der Waals surface area contributed by atoms with Gasteiger partial charge < -0.3 is 19.9 Å². The van der Waals surface area contributed by atoms with Crippen molar-refractivity contribution in [2.24, 2.45) is 7.05 Å². The van der Waals surface area contributed by atoms with Crippen molar-refractivity contribution in [1.82, 2.24) is 14.1 Å². The Balaban J connectivity index is 2.10. The highest BCUT2D eigenvalue weighted by Crippen LogP contribution is 2.36. The van der Waals surface area contributed by atoms with Gasteiger partial charge in [0.25, 0.3) is 11.4 Å². The minimum absolute atomic E-state index is 0.0372.